The molecule has 4 heteroatoms. The molecule has 2 bridgehead atoms. The van der Waals surface area contributed by atoms with Crippen molar-refractivity contribution < 1.29 is 4.79 Å². The summed E-state index contributed by atoms with van der Waals surface area (Å²) in [6.07, 6.45) is 4.66. The Morgan fingerprint density at radius 3 is 2.38 bits per heavy atom. The van der Waals surface area contributed by atoms with Gasteiger partial charge < -0.3 is 5.32 Å². The van der Waals surface area contributed by atoms with Crippen molar-refractivity contribution in [1.29, 1.82) is 0 Å². The number of carbonyl (C=O) groups is 1. The van der Waals surface area contributed by atoms with E-state index in [9.17, 15) is 4.79 Å². The molecule has 1 saturated carbocycles. The van der Waals surface area contributed by atoms with Gasteiger partial charge in [-0.15, -0.1) is 0 Å². The lowest BCUT2D eigenvalue weighted by molar-refractivity contribution is 0.102. The highest BCUT2D eigenvalue weighted by Crippen LogP contribution is 2.51. The zero-order valence-corrected chi connectivity index (χ0v) is 14.8. The van der Waals surface area contributed by atoms with E-state index in [1.807, 2.05) is 42.5 Å². The number of fused-ring (bicyclic) bond motifs is 6. The third kappa shape index (κ3) is 2.48. The number of hydrogen-bond donors (Lipinski definition) is 1. The molecule has 2 aromatic carbocycles. The molecule has 3 aromatic rings. The lowest BCUT2D eigenvalue weighted by Crippen LogP contribution is -2.12. The second kappa shape index (κ2) is 5.90. The quantitative estimate of drug-likeness (QED) is 0.742. The van der Waals surface area contributed by atoms with Crippen LogP contribution in [0.15, 0.2) is 42.5 Å². The zero-order valence-electron chi connectivity index (χ0n) is 14.8. The Kier molecular flexibility index (Phi) is 3.52. The number of carbonyl (C=O) groups excluding carboxylic acids is 1. The van der Waals surface area contributed by atoms with E-state index in [0.717, 1.165) is 23.1 Å². The molecule has 5 rings (SSSR count). The molecule has 1 aromatic heterocycles. The molecule has 0 aliphatic heterocycles. The Morgan fingerprint density at radius 1 is 1.00 bits per heavy atom. The van der Waals surface area contributed by atoms with Gasteiger partial charge in [-0.1, -0.05) is 19.1 Å². The number of nitrogens with zero attached hydrogens (tertiary/aromatic N) is 2. The minimum absolute atomic E-state index is 0.111. The highest BCUT2D eigenvalue weighted by atomic mass is 16.1. The number of aryl methyl sites for hydroxylation is 1. The monoisotopic (exact) mass is 343 g/mol. The Morgan fingerprint density at radius 2 is 1.69 bits per heavy atom. The fourth-order valence-corrected chi connectivity index (χ4v) is 4.33. The summed E-state index contributed by atoms with van der Waals surface area (Å²) >= 11 is 0. The van der Waals surface area contributed by atoms with E-state index >= 15 is 0 Å². The smallest absolute Gasteiger partial charge is 0.255 e. The maximum Gasteiger partial charge on any atom is 0.255 e. The first-order valence-electron chi connectivity index (χ1n) is 9.43. The fourth-order valence-electron chi connectivity index (χ4n) is 4.33. The summed E-state index contributed by atoms with van der Waals surface area (Å²) in [4.78, 5) is 22.3. The average Bonchev–Trinajstić information content (AvgIpc) is 3.29. The number of aromatic nitrogens is 2. The first-order chi connectivity index (χ1) is 12.7. The van der Waals surface area contributed by atoms with Crippen LogP contribution in [0.3, 0.4) is 0 Å². The van der Waals surface area contributed by atoms with E-state index in [0.29, 0.717) is 17.4 Å². The van der Waals surface area contributed by atoms with Gasteiger partial charge in [0.2, 0.25) is 0 Å². The van der Waals surface area contributed by atoms with Gasteiger partial charge in [0.25, 0.3) is 5.91 Å². The molecule has 2 aliphatic rings. The van der Waals surface area contributed by atoms with E-state index in [2.05, 4.69) is 12.2 Å². The molecule has 26 heavy (non-hydrogen) atoms. The van der Waals surface area contributed by atoms with Crippen molar-refractivity contribution in [3.63, 3.8) is 0 Å². The van der Waals surface area contributed by atoms with Crippen molar-refractivity contribution in [2.75, 3.05) is 5.32 Å². The standard InChI is InChI=1S/C22H21N3O/c1-2-13-3-8-17(9-4-13)23-22(26)16-7-10-18-19(12-16)25-21-15-6-5-14(11-15)20(21)24-18/h3-4,7-10,12,14-15H,2,5-6,11H2,1H3,(H,23,26). The van der Waals surface area contributed by atoms with Crippen LogP contribution in [-0.4, -0.2) is 15.9 Å². The van der Waals surface area contributed by atoms with Gasteiger partial charge in [-0.05, 0) is 61.6 Å². The van der Waals surface area contributed by atoms with Crippen LogP contribution in [0, 0.1) is 0 Å². The van der Waals surface area contributed by atoms with E-state index in [4.69, 9.17) is 9.97 Å². The lowest BCUT2D eigenvalue weighted by Gasteiger charge is -2.14. The number of anilines is 1. The maximum atomic E-state index is 12.6. The normalized spacial score (nSPS) is 20.3. The Hall–Kier alpha value is -2.75. The topological polar surface area (TPSA) is 54.9 Å². The summed E-state index contributed by atoms with van der Waals surface area (Å²) in [5.41, 5.74) is 6.76. The van der Waals surface area contributed by atoms with Gasteiger partial charge in [-0.25, -0.2) is 9.97 Å². The van der Waals surface area contributed by atoms with E-state index in [1.54, 1.807) is 0 Å². The van der Waals surface area contributed by atoms with Crippen LogP contribution in [0.4, 0.5) is 5.69 Å². The molecule has 130 valence electrons. The SMILES string of the molecule is CCc1ccc(NC(=O)c2ccc3nc4c(nc3c2)C2CCC4C2)cc1. The van der Waals surface area contributed by atoms with Gasteiger partial charge in [-0.2, -0.15) is 0 Å². The van der Waals surface area contributed by atoms with Gasteiger partial charge in [0.1, 0.15) is 0 Å². The first-order valence-corrected chi connectivity index (χ1v) is 9.43. The van der Waals surface area contributed by atoms with E-state index < -0.39 is 0 Å². The average molecular weight is 343 g/mol. The molecule has 0 radical (unpaired) electrons. The molecule has 1 heterocycles. The predicted octanol–water partition coefficient (Wildman–Crippen LogP) is 4.81. The number of nitrogens with one attached hydrogen (secondary N) is 1. The van der Waals surface area contributed by atoms with Crippen molar-refractivity contribution >= 4 is 22.6 Å². The molecule has 4 nitrogen and oxygen atoms in total. The molecule has 1 amide bonds. The molecular weight excluding hydrogens is 322 g/mol. The van der Waals surface area contributed by atoms with Crippen LogP contribution in [0.1, 0.15) is 65.3 Å². The van der Waals surface area contributed by atoms with Crippen molar-refractivity contribution in [1.82, 2.24) is 9.97 Å². The third-order valence-corrected chi connectivity index (χ3v) is 5.81. The predicted molar refractivity (Wildman–Crippen MR) is 103 cm³/mol. The summed E-state index contributed by atoms with van der Waals surface area (Å²) in [6.45, 7) is 2.12. The van der Waals surface area contributed by atoms with Crippen molar-refractivity contribution in [2.45, 2.75) is 44.4 Å². The Labute approximate surface area is 152 Å². The van der Waals surface area contributed by atoms with Crippen molar-refractivity contribution in [3.8, 4) is 0 Å². The molecule has 2 aliphatic carbocycles. The molecule has 1 fully saturated rings. The van der Waals surface area contributed by atoms with Crippen LogP contribution in [0.5, 0.6) is 0 Å². The lowest BCUT2D eigenvalue weighted by atomic mass is 10.00. The van der Waals surface area contributed by atoms with Crippen LogP contribution in [-0.2, 0) is 6.42 Å². The number of amides is 1. The van der Waals surface area contributed by atoms with Crippen LogP contribution < -0.4 is 5.32 Å². The minimum atomic E-state index is -0.111. The number of hydrogen-bond acceptors (Lipinski definition) is 3. The summed E-state index contributed by atoms with van der Waals surface area (Å²) in [5.74, 6) is 1.06. The van der Waals surface area contributed by atoms with Crippen molar-refractivity contribution in [2.24, 2.45) is 0 Å². The second-order valence-electron chi connectivity index (χ2n) is 7.41. The van der Waals surface area contributed by atoms with Crippen molar-refractivity contribution in [3.05, 3.63) is 65.0 Å². The molecule has 2 atom stereocenters. The van der Waals surface area contributed by atoms with Crippen LogP contribution >= 0.6 is 0 Å². The molecule has 0 spiro atoms. The third-order valence-electron chi connectivity index (χ3n) is 5.81. The number of benzene rings is 2. The largest absolute Gasteiger partial charge is 0.322 e. The Bertz CT molecular complexity index is 1010. The van der Waals surface area contributed by atoms with Gasteiger partial charge in [0.15, 0.2) is 0 Å². The van der Waals surface area contributed by atoms with E-state index in [1.165, 1.54) is 36.2 Å². The minimum Gasteiger partial charge on any atom is -0.322 e. The molecule has 1 N–H and O–H groups in total. The highest BCUT2D eigenvalue weighted by Gasteiger charge is 2.39. The molecular formula is C22H21N3O. The molecule has 2 unspecified atom stereocenters. The first kappa shape index (κ1) is 15.5. The Balaban J connectivity index is 1.44. The fraction of sp³-hybridized carbons (Fsp3) is 0.318. The zero-order chi connectivity index (χ0) is 17.7. The van der Waals surface area contributed by atoms with Crippen LogP contribution in [0.25, 0.3) is 11.0 Å². The number of rotatable bonds is 3. The molecule has 0 saturated heterocycles. The summed E-state index contributed by atoms with van der Waals surface area (Å²) in [6, 6.07) is 13.6. The van der Waals surface area contributed by atoms with Crippen LogP contribution in [0.2, 0.25) is 0 Å². The van der Waals surface area contributed by atoms with E-state index in [-0.39, 0.29) is 5.91 Å². The second-order valence-corrected chi connectivity index (χ2v) is 7.41. The van der Waals surface area contributed by atoms with Gasteiger partial charge in [0, 0.05) is 23.1 Å². The maximum absolute atomic E-state index is 12.6. The summed E-state index contributed by atoms with van der Waals surface area (Å²) in [5, 5.41) is 2.97. The van der Waals surface area contributed by atoms with Gasteiger partial charge in [0.05, 0.1) is 22.4 Å². The van der Waals surface area contributed by atoms with Gasteiger partial charge in [-0.3, -0.25) is 4.79 Å². The summed E-state index contributed by atoms with van der Waals surface area (Å²) < 4.78 is 0. The summed E-state index contributed by atoms with van der Waals surface area (Å²) in [7, 11) is 0. The van der Waals surface area contributed by atoms with Gasteiger partial charge >= 0.3 is 0 Å². The highest BCUT2D eigenvalue weighted by molar-refractivity contribution is 6.05.